The van der Waals surface area contributed by atoms with Crippen molar-refractivity contribution in [2.24, 2.45) is 18.7 Å². The van der Waals surface area contributed by atoms with Crippen LogP contribution in [0.5, 0.6) is 0 Å². The fraction of sp³-hybridized carbons (Fsp3) is 0.611. The molecule has 0 saturated carbocycles. The summed E-state index contributed by atoms with van der Waals surface area (Å²) in [7, 11) is 1.50. The van der Waals surface area contributed by atoms with E-state index >= 15 is 0 Å². The molecule has 5 atom stereocenters. The number of nitrogens with one attached hydrogen (secondary N) is 2. The van der Waals surface area contributed by atoms with E-state index in [4.69, 9.17) is 10.8 Å². The number of nitrogens with zero attached hydrogens (tertiary/aromatic N) is 3. The number of carbonyl (C=O) groups excluding carboxylic acids is 2. The summed E-state index contributed by atoms with van der Waals surface area (Å²) in [6.07, 6.45) is 0.344. The van der Waals surface area contributed by atoms with Gasteiger partial charge in [0.15, 0.2) is 5.16 Å². The number of aromatic nitrogens is 3. The number of thioether (sulfide) groups is 2. The Balaban J connectivity index is 1.59. The van der Waals surface area contributed by atoms with Crippen molar-refractivity contribution in [3.8, 4) is 0 Å². The second-order valence-corrected chi connectivity index (χ2v) is 10.0. The number of carboxylic acids is 2. The maximum atomic E-state index is 12.7. The SMILES string of the molecule is Cn1[nH]c(=O)c(=O)nc1SCC1CS[C@@H]2[C@H](NC(=O)CCC[C@@H](N)C(=O)O)C(=O)N2C1C(=O)O. The zero-order valence-corrected chi connectivity index (χ0v) is 19.6. The molecular weight excluding hydrogens is 492 g/mol. The van der Waals surface area contributed by atoms with Crippen LogP contribution in [-0.2, 0) is 26.2 Å². The minimum absolute atomic E-state index is 0.00530. The van der Waals surface area contributed by atoms with E-state index in [1.54, 1.807) is 0 Å². The Morgan fingerprint density at radius 1 is 1.32 bits per heavy atom. The zero-order valence-electron chi connectivity index (χ0n) is 18.0. The highest BCUT2D eigenvalue weighted by molar-refractivity contribution is 8.00. The van der Waals surface area contributed by atoms with Crippen molar-refractivity contribution in [3.05, 3.63) is 20.7 Å². The van der Waals surface area contributed by atoms with Crippen LogP contribution in [0.15, 0.2) is 14.7 Å². The van der Waals surface area contributed by atoms with Crippen LogP contribution in [0.3, 0.4) is 0 Å². The van der Waals surface area contributed by atoms with Crippen LogP contribution < -0.4 is 22.2 Å². The summed E-state index contributed by atoms with van der Waals surface area (Å²) in [6, 6.07) is -3.04. The van der Waals surface area contributed by atoms with Gasteiger partial charge in [0.2, 0.25) is 11.8 Å². The first-order valence-electron chi connectivity index (χ1n) is 10.3. The summed E-state index contributed by atoms with van der Waals surface area (Å²) >= 11 is 2.44. The molecule has 1 aromatic heterocycles. The number of carbonyl (C=O) groups is 4. The summed E-state index contributed by atoms with van der Waals surface area (Å²) < 4.78 is 1.27. The molecule has 0 aromatic carbocycles. The van der Waals surface area contributed by atoms with Gasteiger partial charge in [-0.3, -0.25) is 33.8 Å². The van der Waals surface area contributed by atoms with Gasteiger partial charge in [0, 0.05) is 30.9 Å². The van der Waals surface area contributed by atoms with E-state index in [1.807, 2.05) is 0 Å². The molecule has 3 rings (SSSR count). The van der Waals surface area contributed by atoms with Crippen molar-refractivity contribution >= 4 is 47.3 Å². The fourth-order valence-corrected chi connectivity index (χ4v) is 6.43. The summed E-state index contributed by atoms with van der Waals surface area (Å²) in [5, 5.41) is 23.2. The molecule has 0 radical (unpaired) electrons. The van der Waals surface area contributed by atoms with E-state index in [0.29, 0.717) is 5.75 Å². The molecular formula is C18H24N6O8S2. The molecule has 34 heavy (non-hydrogen) atoms. The van der Waals surface area contributed by atoms with Crippen molar-refractivity contribution in [3.63, 3.8) is 0 Å². The number of hydrogen-bond donors (Lipinski definition) is 5. The van der Waals surface area contributed by atoms with Crippen LogP contribution >= 0.6 is 23.5 Å². The number of aryl methyl sites for hydroxylation is 1. The topological polar surface area (TPSA) is 218 Å². The predicted molar refractivity (Wildman–Crippen MR) is 120 cm³/mol. The molecule has 3 heterocycles. The largest absolute Gasteiger partial charge is 0.480 e. The van der Waals surface area contributed by atoms with Gasteiger partial charge in [-0.05, 0) is 12.8 Å². The first-order chi connectivity index (χ1) is 16.0. The van der Waals surface area contributed by atoms with Gasteiger partial charge in [-0.25, -0.2) is 4.79 Å². The smallest absolute Gasteiger partial charge is 0.339 e. The van der Waals surface area contributed by atoms with Crippen molar-refractivity contribution in [2.45, 2.75) is 47.9 Å². The summed E-state index contributed by atoms with van der Waals surface area (Å²) in [5.41, 5.74) is 3.59. The number of fused-ring (bicyclic) bond motifs is 1. The van der Waals surface area contributed by atoms with Crippen LogP contribution in [-0.4, -0.2) is 88.6 Å². The number of hydrogen-bond acceptors (Lipinski definition) is 10. The maximum absolute atomic E-state index is 12.7. The monoisotopic (exact) mass is 516 g/mol. The van der Waals surface area contributed by atoms with Crippen LogP contribution in [0.4, 0.5) is 0 Å². The minimum atomic E-state index is -1.18. The fourth-order valence-electron chi connectivity index (χ4n) is 3.71. The van der Waals surface area contributed by atoms with Gasteiger partial charge in [0.05, 0.1) is 0 Å². The average Bonchev–Trinajstić information content (AvgIpc) is 2.77. The lowest BCUT2D eigenvalue weighted by molar-refractivity contribution is -0.164. The minimum Gasteiger partial charge on any atom is -0.480 e. The highest BCUT2D eigenvalue weighted by Gasteiger charge is 2.57. The standard InChI is InChI=1S/C18H24N6O8S2/c1-23-18(21-12(26)13(27)22-23)34-6-7-5-33-15-10(14(28)24(15)11(7)17(31)32)20-9(25)4-2-3-8(19)16(29)30/h7-8,10-11,15H,2-6,19H2,1H3,(H,20,25)(H,22,27)(H,29,30)(H,31,32)/t7?,8-,10-,11?,15-/m1/s1. The number of rotatable bonds is 10. The van der Waals surface area contributed by atoms with Crippen molar-refractivity contribution in [1.29, 1.82) is 0 Å². The molecule has 186 valence electrons. The van der Waals surface area contributed by atoms with Gasteiger partial charge in [-0.2, -0.15) is 4.98 Å². The second-order valence-electron chi connectivity index (χ2n) is 7.91. The Morgan fingerprint density at radius 3 is 2.68 bits per heavy atom. The van der Waals surface area contributed by atoms with Gasteiger partial charge in [0.1, 0.15) is 23.5 Å². The molecule has 2 amide bonds. The second kappa shape index (κ2) is 10.6. The van der Waals surface area contributed by atoms with Crippen LogP contribution in [0.25, 0.3) is 0 Å². The molecule has 1 aromatic rings. The first kappa shape index (κ1) is 25.8. The highest BCUT2D eigenvalue weighted by Crippen LogP contribution is 2.42. The van der Waals surface area contributed by atoms with E-state index < -0.39 is 64.3 Å². The van der Waals surface area contributed by atoms with Crippen LogP contribution in [0.1, 0.15) is 19.3 Å². The van der Waals surface area contributed by atoms with E-state index in [2.05, 4.69) is 15.4 Å². The molecule has 2 aliphatic heterocycles. The number of amides is 2. The Hall–Kier alpha value is -2.85. The lowest BCUT2D eigenvalue weighted by Crippen LogP contribution is -2.76. The summed E-state index contributed by atoms with van der Waals surface area (Å²) in [4.78, 5) is 75.4. The molecule has 2 saturated heterocycles. The normalized spacial score (nSPS) is 24.6. The first-order valence-corrected chi connectivity index (χ1v) is 12.3. The zero-order chi connectivity index (χ0) is 25.2. The van der Waals surface area contributed by atoms with E-state index in [1.165, 1.54) is 28.4 Å². The third-order valence-corrected chi connectivity index (χ3v) is 8.17. The molecule has 0 spiro atoms. The van der Waals surface area contributed by atoms with E-state index in [-0.39, 0.29) is 30.2 Å². The Morgan fingerprint density at radius 2 is 2.03 bits per heavy atom. The molecule has 2 fully saturated rings. The van der Waals surface area contributed by atoms with Gasteiger partial charge < -0.3 is 26.2 Å². The number of β-lactam (4-membered cyclic amide) rings is 1. The summed E-state index contributed by atoms with van der Waals surface area (Å²) in [6.45, 7) is 0. The van der Waals surface area contributed by atoms with Gasteiger partial charge in [-0.1, -0.05) is 11.8 Å². The highest BCUT2D eigenvalue weighted by atomic mass is 32.2. The number of nitrogens with two attached hydrogens (primary N) is 1. The predicted octanol–water partition coefficient (Wildman–Crippen LogP) is -2.39. The molecule has 0 bridgehead atoms. The van der Waals surface area contributed by atoms with Gasteiger partial charge >= 0.3 is 23.1 Å². The van der Waals surface area contributed by atoms with E-state index in [9.17, 15) is 33.9 Å². The lowest BCUT2D eigenvalue weighted by Gasteiger charge is -2.54. The number of carboxylic acid groups (broad SMARTS) is 2. The molecule has 0 aliphatic carbocycles. The Bertz CT molecular complexity index is 1110. The molecule has 2 unspecified atom stereocenters. The van der Waals surface area contributed by atoms with Gasteiger partial charge in [0.25, 0.3) is 0 Å². The number of aromatic amines is 1. The lowest BCUT2D eigenvalue weighted by atomic mass is 9.94. The molecule has 16 heteroatoms. The number of H-pyrrole nitrogens is 1. The van der Waals surface area contributed by atoms with Crippen LogP contribution in [0, 0.1) is 5.92 Å². The summed E-state index contributed by atoms with van der Waals surface area (Å²) in [5.74, 6) is -3.14. The molecule has 2 aliphatic rings. The number of aliphatic carboxylic acids is 2. The van der Waals surface area contributed by atoms with Gasteiger partial charge in [-0.15, -0.1) is 11.8 Å². The quantitative estimate of drug-likeness (QED) is 0.125. The Labute approximate surface area is 200 Å². The van der Waals surface area contributed by atoms with Crippen LogP contribution in [0.2, 0.25) is 0 Å². The maximum Gasteiger partial charge on any atom is 0.339 e. The Kier molecular flexibility index (Phi) is 8.04. The third kappa shape index (κ3) is 5.44. The van der Waals surface area contributed by atoms with Crippen molar-refractivity contribution < 1.29 is 29.4 Å². The average molecular weight is 517 g/mol. The van der Waals surface area contributed by atoms with Crippen molar-refractivity contribution in [1.82, 2.24) is 25.0 Å². The third-order valence-electron chi connectivity index (χ3n) is 5.49. The van der Waals surface area contributed by atoms with E-state index in [0.717, 1.165) is 11.8 Å². The molecule has 14 nitrogen and oxygen atoms in total. The molecule has 6 N–H and O–H groups in total. The van der Waals surface area contributed by atoms with Crippen molar-refractivity contribution in [2.75, 3.05) is 11.5 Å².